The first kappa shape index (κ1) is 8.27. The molecule has 3 fully saturated rings. The summed E-state index contributed by atoms with van der Waals surface area (Å²) in [6, 6.07) is 6.88. The smallest absolute Gasteiger partial charge is 0.123 e. The molecule has 1 aromatic rings. The first-order chi connectivity index (χ1) is 6.81. The van der Waals surface area contributed by atoms with E-state index in [2.05, 4.69) is 4.90 Å². The maximum Gasteiger partial charge on any atom is 0.123 e. The Labute approximate surface area is 83.5 Å². The van der Waals surface area contributed by atoms with E-state index in [-0.39, 0.29) is 5.82 Å². The third-order valence-corrected chi connectivity index (χ3v) is 3.48. The van der Waals surface area contributed by atoms with Crippen LogP contribution in [0.1, 0.15) is 12.8 Å². The first-order valence-electron chi connectivity index (χ1n) is 5.32. The minimum absolute atomic E-state index is 0.143. The van der Waals surface area contributed by atoms with Crippen molar-refractivity contribution in [3.63, 3.8) is 0 Å². The Kier molecular flexibility index (Phi) is 1.76. The van der Waals surface area contributed by atoms with Gasteiger partial charge in [-0.15, -0.1) is 0 Å². The van der Waals surface area contributed by atoms with Crippen molar-refractivity contribution in [1.29, 1.82) is 0 Å². The second kappa shape index (κ2) is 2.97. The molecule has 0 amide bonds. The van der Waals surface area contributed by atoms with Crippen molar-refractivity contribution < 1.29 is 4.39 Å². The quantitative estimate of drug-likeness (QED) is 0.659. The molecule has 0 N–H and O–H groups in total. The van der Waals surface area contributed by atoms with Crippen LogP contribution in [-0.4, -0.2) is 13.1 Å². The summed E-state index contributed by atoms with van der Waals surface area (Å²) < 4.78 is 12.7. The predicted molar refractivity (Wildman–Crippen MR) is 54.8 cm³/mol. The van der Waals surface area contributed by atoms with Crippen LogP contribution in [0.5, 0.6) is 0 Å². The number of hydrogen-bond donors (Lipinski definition) is 0. The van der Waals surface area contributed by atoms with Gasteiger partial charge in [0, 0.05) is 18.8 Å². The van der Waals surface area contributed by atoms with Crippen LogP contribution in [0.15, 0.2) is 24.3 Å². The van der Waals surface area contributed by atoms with Crippen LogP contribution < -0.4 is 4.90 Å². The minimum atomic E-state index is -0.143. The highest BCUT2D eigenvalue weighted by Crippen LogP contribution is 2.40. The molecular weight excluding hydrogens is 177 g/mol. The minimum Gasteiger partial charge on any atom is -0.371 e. The van der Waals surface area contributed by atoms with Gasteiger partial charge in [0.25, 0.3) is 0 Å². The van der Waals surface area contributed by atoms with Crippen LogP contribution in [0.2, 0.25) is 0 Å². The fourth-order valence-electron chi connectivity index (χ4n) is 2.73. The number of halogens is 1. The Hall–Kier alpha value is -1.05. The van der Waals surface area contributed by atoms with Gasteiger partial charge < -0.3 is 4.90 Å². The number of piperidine rings is 2. The normalized spacial score (nSPS) is 29.9. The number of nitrogens with zero attached hydrogens (tertiary/aromatic N) is 1. The number of benzene rings is 1. The monoisotopic (exact) mass is 191 g/mol. The number of rotatable bonds is 1. The molecule has 4 rings (SSSR count). The van der Waals surface area contributed by atoms with Crippen molar-refractivity contribution in [1.82, 2.24) is 0 Å². The fraction of sp³-hybridized carbons (Fsp3) is 0.500. The Morgan fingerprint density at radius 2 is 1.57 bits per heavy atom. The summed E-state index contributed by atoms with van der Waals surface area (Å²) in [5.74, 6) is 1.66. The van der Waals surface area contributed by atoms with E-state index >= 15 is 0 Å². The van der Waals surface area contributed by atoms with Gasteiger partial charge in [-0.3, -0.25) is 0 Å². The highest BCUT2D eigenvalue weighted by atomic mass is 19.1. The lowest BCUT2D eigenvalue weighted by atomic mass is 9.71. The number of anilines is 1. The summed E-state index contributed by atoms with van der Waals surface area (Å²) >= 11 is 0. The zero-order valence-corrected chi connectivity index (χ0v) is 8.12. The third-order valence-electron chi connectivity index (χ3n) is 3.48. The zero-order chi connectivity index (χ0) is 9.54. The Morgan fingerprint density at radius 1 is 1.00 bits per heavy atom. The molecule has 2 bridgehead atoms. The fourth-order valence-corrected chi connectivity index (χ4v) is 2.73. The molecule has 14 heavy (non-hydrogen) atoms. The molecule has 0 atom stereocenters. The average Bonchev–Trinajstić information content (AvgIpc) is 2.18. The standard InChI is InChI=1S/C12H14FN/c13-11-1-3-12(4-2-11)14-7-9-5-10(6-9)8-14/h1-4,9-10H,5-8H2. The number of hydrogen-bond acceptors (Lipinski definition) is 1. The second-order valence-corrected chi connectivity index (χ2v) is 4.58. The maximum absolute atomic E-state index is 12.7. The Balaban J connectivity index is 1.79. The van der Waals surface area contributed by atoms with Gasteiger partial charge in [-0.05, 0) is 48.9 Å². The molecule has 74 valence electrons. The summed E-state index contributed by atoms with van der Waals surface area (Å²) in [6.45, 7) is 2.34. The molecule has 1 nitrogen and oxygen atoms in total. The van der Waals surface area contributed by atoms with Crippen molar-refractivity contribution in [2.45, 2.75) is 12.8 Å². The van der Waals surface area contributed by atoms with Crippen LogP contribution in [0.25, 0.3) is 0 Å². The van der Waals surface area contributed by atoms with Crippen molar-refractivity contribution in [3.8, 4) is 0 Å². The van der Waals surface area contributed by atoms with Crippen LogP contribution in [0, 0.1) is 17.7 Å². The van der Waals surface area contributed by atoms with Gasteiger partial charge in [0.05, 0.1) is 0 Å². The van der Waals surface area contributed by atoms with E-state index in [9.17, 15) is 4.39 Å². The molecule has 0 aromatic heterocycles. The molecule has 1 aliphatic carbocycles. The van der Waals surface area contributed by atoms with Gasteiger partial charge in [0.1, 0.15) is 5.82 Å². The van der Waals surface area contributed by atoms with Crippen molar-refractivity contribution in [2.24, 2.45) is 11.8 Å². The molecule has 2 saturated heterocycles. The van der Waals surface area contributed by atoms with Crippen molar-refractivity contribution in [3.05, 3.63) is 30.1 Å². The first-order valence-corrected chi connectivity index (χ1v) is 5.32. The largest absolute Gasteiger partial charge is 0.371 e. The lowest BCUT2D eigenvalue weighted by molar-refractivity contribution is 0.159. The van der Waals surface area contributed by atoms with E-state index in [1.807, 2.05) is 12.1 Å². The number of fused-ring (bicyclic) bond motifs is 2. The lowest BCUT2D eigenvalue weighted by Crippen LogP contribution is -2.48. The predicted octanol–water partition coefficient (Wildman–Crippen LogP) is 2.67. The van der Waals surface area contributed by atoms with Gasteiger partial charge in [-0.25, -0.2) is 4.39 Å². The van der Waals surface area contributed by atoms with Gasteiger partial charge >= 0.3 is 0 Å². The molecule has 0 spiro atoms. The van der Waals surface area contributed by atoms with Crippen LogP contribution in [0.4, 0.5) is 10.1 Å². The molecular formula is C12H14FN. The van der Waals surface area contributed by atoms with Crippen LogP contribution >= 0.6 is 0 Å². The van der Waals surface area contributed by atoms with Gasteiger partial charge in [0.15, 0.2) is 0 Å². The average molecular weight is 191 g/mol. The highest BCUT2D eigenvalue weighted by molar-refractivity contribution is 5.47. The van der Waals surface area contributed by atoms with Crippen LogP contribution in [-0.2, 0) is 0 Å². The topological polar surface area (TPSA) is 3.24 Å². The molecule has 3 aliphatic rings. The van der Waals surface area contributed by atoms with E-state index < -0.39 is 0 Å². The van der Waals surface area contributed by atoms with E-state index in [0.29, 0.717) is 0 Å². The molecule has 2 heteroatoms. The second-order valence-electron chi connectivity index (χ2n) is 4.58. The highest BCUT2D eigenvalue weighted by Gasteiger charge is 2.36. The summed E-state index contributed by atoms with van der Waals surface area (Å²) in [5.41, 5.74) is 1.18. The Bertz CT molecular complexity index is 317. The van der Waals surface area contributed by atoms with E-state index in [1.165, 1.54) is 31.6 Å². The van der Waals surface area contributed by atoms with E-state index in [4.69, 9.17) is 0 Å². The lowest BCUT2D eigenvalue weighted by Gasteiger charge is -2.48. The molecule has 1 saturated carbocycles. The third kappa shape index (κ3) is 1.29. The Morgan fingerprint density at radius 3 is 2.14 bits per heavy atom. The SMILES string of the molecule is Fc1ccc(N2CC3CC(C3)C2)cc1. The maximum atomic E-state index is 12.7. The summed E-state index contributed by atoms with van der Waals surface area (Å²) in [5, 5.41) is 0. The molecule has 0 unspecified atom stereocenters. The molecule has 2 aliphatic heterocycles. The van der Waals surface area contributed by atoms with Crippen molar-refractivity contribution >= 4 is 5.69 Å². The van der Waals surface area contributed by atoms with Crippen molar-refractivity contribution in [2.75, 3.05) is 18.0 Å². The summed E-state index contributed by atoms with van der Waals surface area (Å²) in [7, 11) is 0. The van der Waals surface area contributed by atoms with E-state index in [1.54, 1.807) is 12.1 Å². The van der Waals surface area contributed by atoms with Crippen LogP contribution in [0.3, 0.4) is 0 Å². The van der Waals surface area contributed by atoms with Gasteiger partial charge in [0.2, 0.25) is 0 Å². The van der Waals surface area contributed by atoms with Gasteiger partial charge in [-0.2, -0.15) is 0 Å². The molecule has 1 aromatic carbocycles. The summed E-state index contributed by atoms with van der Waals surface area (Å²) in [6.07, 6.45) is 2.83. The summed E-state index contributed by atoms with van der Waals surface area (Å²) in [4.78, 5) is 2.39. The molecule has 0 radical (unpaired) electrons. The van der Waals surface area contributed by atoms with E-state index in [0.717, 1.165) is 11.8 Å². The molecule has 2 heterocycles. The zero-order valence-electron chi connectivity index (χ0n) is 8.12. The van der Waals surface area contributed by atoms with Gasteiger partial charge in [-0.1, -0.05) is 0 Å².